The number of carbonyl (C=O) groups is 3. The molecule has 0 radical (unpaired) electrons. The Morgan fingerprint density at radius 1 is 1.00 bits per heavy atom. The van der Waals surface area contributed by atoms with Gasteiger partial charge < -0.3 is 21.1 Å². The summed E-state index contributed by atoms with van der Waals surface area (Å²) in [6.07, 6.45) is 0.235. The molecule has 18 heavy (non-hydrogen) atoms. The highest BCUT2D eigenvalue weighted by atomic mass is 16.4. The first-order valence-corrected chi connectivity index (χ1v) is 5.50. The standard InChI is InChI=1S/C10H18N2O6/c11-9(10(17)18)12(6-8(15)16)5-3-1-2-4-7(13)14/h9H,1-6,11H2,(H,13,14)(H,15,16)(H,17,18). The topological polar surface area (TPSA) is 141 Å². The van der Waals surface area contributed by atoms with Crippen LogP contribution in [-0.2, 0) is 14.4 Å². The van der Waals surface area contributed by atoms with Crippen molar-refractivity contribution in [2.75, 3.05) is 13.1 Å². The summed E-state index contributed by atoms with van der Waals surface area (Å²) in [4.78, 5) is 32.6. The van der Waals surface area contributed by atoms with Crippen molar-refractivity contribution in [2.24, 2.45) is 5.73 Å². The normalized spacial score (nSPS) is 12.3. The average molecular weight is 262 g/mol. The second-order valence-electron chi connectivity index (χ2n) is 3.85. The van der Waals surface area contributed by atoms with Crippen molar-refractivity contribution in [3.8, 4) is 0 Å². The predicted octanol–water partition coefficient (Wildman–Crippen LogP) is -0.613. The molecule has 0 fully saturated rings. The van der Waals surface area contributed by atoms with Crippen molar-refractivity contribution in [3.63, 3.8) is 0 Å². The van der Waals surface area contributed by atoms with Crippen LogP contribution < -0.4 is 5.73 Å². The van der Waals surface area contributed by atoms with Gasteiger partial charge in [0.15, 0.2) is 6.17 Å². The molecule has 0 aromatic rings. The molecule has 8 heteroatoms. The van der Waals surface area contributed by atoms with Crippen LogP contribution in [0.2, 0.25) is 0 Å². The molecule has 0 heterocycles. The fourth-order valence-electron chi connectivity index (χ4n) is 1.41. The number of aliphatic carboxylic acids is 3. The Morgan fingerprint density at radius 3 is 2.06 bits per heavy atom. The molecular formula is C10H18N2O6. The van der Waals surface area contributed by atoms with Gasteiger partial charge in [-0.05, 0) is 12.8 Å². The van der Waals surface area contributed by atoms with Crippen LogP contribution in [0.1, 0.15) is 25.7 Å². The molecule has 1 atom stereocenters. The molecule has 0 aliphatic carbocycles. The summed E-state index contributed by atoms with van der Waals surface area (Å²) in [7, 11) is 0. The van der Waals surface area contributed by atoms with E-state index in [9.17, 15) is 14.4 Å². The Morgan fingerprint density at radius 2 is 1.61 bits per heavy atom. The van der Waals surface area contributed by atoms with Crippen LogP contribution in [0.25, 0.3) is 0 Å². The molecule has 1 unspecified atom stereocenters. The highest BCUT2D eigenvalue weighted by molar-refractivity contribution is 5.74. The fraction of sp³-hybridized carbons (Fsp3) is 0.700. The summed E-state index contributed by atoms with van der Waals surface area (Å²) in [5.74, 6) is -3.33. The van der Waals surface area contributed by atoms with Crippen LogP contribution in [0.5, 0.6) is 0 Å². The quantitative estimate of drug-likeness (QED) is 0.301. The van der Waals surface area contributed by atoms with Crippen LogP contribution >= 0.6 is 0 Å². The Labute approximate surface area is 104 Å². The molecule has 0 aliphatic heterocycles. The molecule has 8 nitrogen and oxygen atoms in total. The second kappa shape index (κ2) is 8.43. The Bertz CT molecular complexity index is 307. The lowest BCUT2D eigenvalue weighted by atomic mass is 10.2. The van der Waals surface area contributed by atoms with Crippen LogP contribution in [0.3, 0.4) is 0 Å². The second-order valence-corrected chi connectivity index (χ2v) is 3.85. The number of carboxylic acid groups (broad SMARTS) is 3. The Kier molecular flexibility index (Phi) is 7.64. The molecule has 0 aliphatic rings. The molecule has 0 bridgehead atoms. The van der Waals surface area contributed by atoms with E-state index in [2.05, 4.69) is 0 Å². The third kappa shape index (κ3) is 7.58. The van der Waals surface area contributed by atoms with Crippen molar-refractivity contribution in [3.05, 3.63) is 0 Å². The van der Waals surface area contributed by atoms with E-state index in [0.717, 1.165) is 4.90 Å². The van der Waals surface area contributed by atoms with E-state index in [1.165, 1.54) is 0 Å². The van der Waals surface area contributed by atoms with Gasteiger partial charge >= 0.3 is 17.9 Å². The molecule has 0 saturated heterocycles. The van der Waals surface area contributed by atoms with E-state index in [4.69, 9.17) is 21.1 Å². The molecule has 104 valence electrons. The zero-order valence-corrected chi connectivity index (χ0v) is 9.91. The third-order valence-electron chi connectivity index (χ3n) is 2.32. The number of nitrogens with zero attached hydrogens (tertiary/aromatic N) is 1. The van der Waals surface area contributed by atoms with Gasteiger partial charge in [0.05, 0.1) is 6.54 Å². The third-order valence-corrected chi connectivity index (χ3v) is 2.32. The molecule has 5 N–H and O–H groups in total. The maximum Gasteiger partial charge on any atom is 0.335 e. The van der Waals surface area contributed by atoms with E-state index in [0.29, 0.717) is 19.3 Å². The van der Waals surface area contributed by atoms with Gasteiger partial charge in [-0.25, -0.2) is 4.79 Å². The summed E-state index contributed by atoms with van der Waals surface area (Å²) in [6.45, 7) is -0.244. The summed E-state index contributed by atoms with van der Waals surface area (Å²) < 4.78 is 0. The predicted molar refractivity (Wildman–Crippen MR) is 60.9 cm³/mol. The zero-order chi connectivity index (χ0) is 14.1. The van der Waals surface area contributed by atoms with Crippen LogP contribution in [0, 0.1) is 0 Å². The summed E-state index contributed by atoms with van der Waals surface area (Å²) in [6, 6.07) is 0. The summed E-state index contributed by atoms with van der Waals surface area (Å²) in [5.41, 5.74) is 5.34. The van der Waals surface area contributed by atoms with Crippen LogP contribution in [-0.4, -0.2) is 57.4 Å². The van der Waals surface area contributed by atoms with E-state index < -0.39 is 30.6 Å². The van der Waals surface area contributed by atoms with Gasteiger partial charge in [0.1, 0.15) is 0 Å². The van der Waals surface area contributed by atoms with E-state index in [-0.39, 0.29) is 13.0 Å². The first-order valence-electron chi connectivity index (χ1n) is 5.50. The molecular weight excluding hydrogens is 244 g/mol. The minimum absolute atomic E-state index is 0.0456. The maximum absolute atomic E-state index is 10.7. The van der Waals surface area contributed by atoms with Crippen molar-refractivity contribution in [1.29, 1.82) is 0 Å². The largest absolute Gasteiger partial charge is 0.481 e. The van der Waals surface area contributed by atoms with Gasteiger partial charge in [0.25, 0.3) is 0 Å². The summed E-state index contributed by atoms with van der Waals surface area (Å²) in [5, 5.41) is 25.7. The highest BCUT2D eigenvalue weighted by Gasteiger charge is 2.22. The zero-order valence-electron chi connectivity index (χ0n) is 9.91. The van der Waals surface area contributed by atoms with E-state index >= 15 is 0 Å². The van der Waals surface area contributed by atoms with E-state index in [1.807, 2.05) is 0 Å². The molecule has 0 aromatic carbocycles. The van der Waals surface area contributed by atoms with Gasteiger partial charge in [0, 0.05) is 13.0 Å². The van der Waals surface area contributed by atoms with Crippen molar-refractivity contribution in [1.82, 2.24) is 4.90 Å². The van der Waals surface area contributed by atoms with Crippen molar-refractivity contribution < 1.29 is 29.7 Å². The minimum atomic E-state index is -1.36. The SMILES string of the molecule is NC(C(=O)O)N(CCCCCC(=O)O)CC(=O)O. The van der Waals surface area contributed by atoms with Gasteiger partial charge in [-0.3, -0.25) is 14.5 Å². The number of rotatable bonds is 10. The maximum atomic E-state index is 10.7. The Hall–Kier alpha value is -1.67. The van der Waals surface area contributed by atoms with Crippen LogP contribution in [0.15, 0.2) is 0 Å². The Balaban J connectivity index is 4.05. The number of unbranched alkanes of at least 4 members (excludes halogenated alkanes) is 2. The molecule has 0 rings (SSSR count). The number of carboxylic acids is 3. The number of hydrogen-bond donors (Lipinski definition) is 4. The average Bonchev–Trinajstić information content (AvgIpc) is 2.24. The first-order chi connectivity index (χ1) is 8.34. The van der Waals surface area contributed by atoms with Gasteiger partial charge in [-0.15, -0.1) is 0 Å². The van der Waals surface area contributed by atoms with Crippen molar-refractivity contribution in [2.45, 2.75) is 31.8 Å². The molecule has 0 saturated carbocycles. The van der Waals surface area contributed by atoms with Gasteiger partial charge in [-0.2, -0.15) is 0 Å². The lowest BCUT2D eigenvalue weighted by Gasteiger charge is -2.23. The molecule has 0 spiro atoms. The lowest BCUT2D eigenvalue weighted by Crippen LogP contribution is -2.50. The first kappa shape index (κ1) is 16.3. The highest BCUT2D eigenvalue weighted by Crippen LogP contribution is 2.03. The van der Waals surface area contributed by atoms with E-state index in [1.54, 1.807) is 0 Å². The molecule has 0 amide bonds. The lowest BCUT2D eigenvalue weighted by molar-refractivity contribution is -0.146. The summed E-state index contributed by atoms with van der Waals surface area (Å²) >= 11 is 0. The van der Waals surface area contributed by atoms with Crippen molar-refractivity contribution >= 4 is 17.9 Å². The number of hydrogen-bond acceptors (Lipinski definition) is 5. The fourth-order valence-corrected chi connectivity index (χ4v) is 1.41. The van der Waals surface area contributed by atoms with Crippen LogP contribution in [0.4, 0.5) is 0 Å². The molecule has 0 aromatic heterocycles. The smallest absolute Gasteiger partial charge is 0.335 e. The monoisotopic (exact) mass is 262 g/mol. The number of nitrogens with two attached hydrogens (primary N) is 1. The van der Waals surface area contributed by atoms with Gasteiger partial charge in [0.2, 0.25) is 0 Å². The minimum Gasteiger partial charge on any atom is -0.481 e. The van der Waals surface area contributed by atoms with Gasteiger partial charge in [-0.1, -0.05) is 6.42 Å².